The van der Waals surface area contributed by atoms with Crippen molar-refractivity contribution >= 4 is 5.91 Å². The maximum atomic E-state index is 14.5. The van der Waals surface area contributed by atoms with Crippen molar-refractivity contribution in [3.63, 3.8) is 0 Å². The molecule has 2 atom stereocenters. The summed E-state index contributed by atoms with van der Waals surface area (Å²) in [5.41, 5.74) is 3.44. The average Bonchev–Trinajstić information content (AvgIpc) is 2.68. The second-order valence-electron chi connectivity index (χ2n) is 4.42. The third-order valence-corrected chi connectivity index (χ3v) is 3.66. The highest BCUT2D eigenvalue weighted by Gasteiger charge is 2.49. The van der Waals surface area contributed by atoms with E-state index >= 15 is 0 Å². The Bertz CT molecular complexity index is 213. The number of nitrogens with two attached hydrogens (primary N) is 1. The number of carbonyl (C=O) groups is 1. The second kappa shape index (κ2) is 4.28. The smallest absolute Gasteiger partial charge is 0.255 e. The van der Waals surface area contributed by atoms with Crippen LogP contribution >= 0.6 is 0 Å². The van der Waals surface area contributed by atoms with Gasteiger partial charge in [-0.2, -0.15) is 0 Å². The van der Waals surface area contributed by atoms with E-state index in [2.05, 4.69) is 0 Å². The van der Waals surface area contributed by atoms with Crippen LogP contribution in [0, 0.1) is 11.8 Å². The highest BCUT2D eigenvalue weighted by Crippen LogP contribution is 2.42. The molecule has 0 saturated heterocycles. The number of amides is 1. The normalized spacial score (nSPS) is 24.5. The van der Waals surface area contributed by atoms with Gasteiger partial charge in [-0.25, -0.2) is 4.39 Å². The third-order valence-electron chi connectivity index (χ3n) is 3.66. The van der Waals surface area contributed by atoms with E-state index in [0.717, 1.165) is 25.7 Å². The van der Waals surface area contributed by atoms with Gasteiger partial charge >= 0.3 is 0 Å². The molecule has 2 N–H and O–H groups in total. The van der Waals surface area contributed by atoms with Gasteiger partial charge < -0.3 is 5.73 Å². The van der Waals surface area contributed by atoms with E-state index in [1.54, 1.807) is 6.92 Å². The molecule has 82 valence electrons. The Hall–Kier alpha value is -0.600. The lowest BCUT2D eigenvalue weighted by molar-refractivity contribution is -0.137. The van der Waals surface area contributed by atoms with Crippen molar-refractivity contribution in [1.82, 2.24) is 0 Å². The Labute approximate surface area is 85.0 Å². The Kier molecular flexibility index (Phi) is 3.51. The number of alkyl halides is 1. The summed E-state index contributed by atoms with van der Waals surface area (Å²) in [6, 6.07) is 0. The van der Waals surface area contributed by atoms with Crippen LogP contribution in [0.3, 0.4) is 0 Å². The quantitative estimate of drug-likeness (QED) is 0.745. The summed E-state index contributed by atoms with van der Waals surface area (Å²) >= 11 is 0. The van der Waals surface area contributed by atoms with Gasteiger partial charge in [0.25, 0.3) is 5.91 Å². The molecule has 1 amide bonds. The molecular formula is C11H20FNO. The Morgan fingerprint density at radius 1 is 1.57 bits per heavy atom. The van der Waals surface area contributed by atoms with Crippen LogP contribution in [0.15, 0.2) is 0 Å². The minimum Gasteiger partial charge on any atom is -0.367 e. The summed E-state index contributed by atoms with van der Waals surface area (Å²) < 4.78 is 14.5. The van der Waals surface area contributed by atoms with Gasteiger partial charge in [-0.3, -0.25) is 4.79 Å². The number of hydrogen-bond donors (Lipinski definition) is 1. The minimum atomic E-state index is -1.77. The fourth-order valence-electron chi connectivity index (χ4n) is 2.49. The molecule has 2 unspecified atom stereocenters. The maximum Gasteiger partial charge on any atom is 0.255 e. The molecule has 1 saturated carbocycles. The predicted octanol–water partition coefficient (Wildman–Crippen LogP) is 2.42. The number of carbonyl (C=O) groups excluding carboxylic acids is 1. The van der Waals surface area contributed by atoms with Crippen molar-refractivity contribution in [2.75, 3.05) is 0 Å². The number of hydrogen-bond acceptors (Lipinski definition) is 1. The molecule has 0 aromatic carbocycles. The summed E-state index contributed by atoms with van der Waals surface area (Å²) in [6.45, 7) is 3.68. The summed E-state index contributed by atoms with van der Waals surface area (Å²) in [6.07, 6.45) is 4.34. The van der Waals surface area contributed by atoms with E-state index in [-0.39, 0.29) is 11.8 Å². The van der Waals surface area contributed by atoms with Crippen LogP contribution in [0.4, 0.5) is 4.39 Å². The number of rotatable bonds is 4. The van der Waals surface area contributed by atoms with Crippen molar-refractivity contribution in [2.24, 2.45) is 17.6 Å². The predicted molar refractivity (Wildman–Crippen MR) is 54.4 cm³/mol. The van der Waals surface area contributed by atoms with Crippen molar-refractivity contribution in [1.29, 1.82) is 0 Å². The van der Waals surface area contributed by atoms with Crippen molar-refractivity contribution in [3.8, 4) is 0 Å². The van der Waals surface area contributed by atoms with E-state index in [0.29, 0.717) is 6.42 Å². The largest absolute Gasteiger partial charge is 0.367 e. The van der Waals surface area contributed by atoms with E-state index in [9.17, 15) is 9.18 Å². The van der Waals surface area contributed by atoms with Gasteiger partial charge in [-0.05, 0) is 25.2 Å². The molecule has 1 fully saturated rings. The monoisotopic (exact) mass is 201 g/mol. The Balaban J connectivity index is 2.84. The Morgan fingerprint density at radius 2 is 2.07 bits per heavy atom. The van der Waals surface area contributed by atoms with Gasteiger partial charge in [-0.15, -0.1) is 0 Å². The summed E-state index contributed by atoms with van der Waals surface area (Å²) in [5.74, 6) is -1.17. The fourth-order valence-corrected chi connectivity index (χ4v) is 2.49. The topological polar surface area (TPSA) is 43.1 Å². The van der Waals surface area contributed by atoms with Crippen LogP contribution in [0.1, 0.15) is 46.0 Å². The molecule has 14 heavy (non-hydrogen) atoms. The standard InChI is InChI=1S/C11H20FNO/c1-3-8(2)11(12,10(13)14)9-6-4-5-7-9/h8-9H,3-7H2,1-2H3,(H2,13,14). The lowest BCUT2D eigenvalue weighted by atomic mass is 9.76. The van der Waals surface area contributed by atoms with E-state index in [1.807, 2.05) is 6.92 Å². The first kappa shape index (κ1) is 11.5. The van der Waals surface area contributed by atoms with Gasteiger partial charge in [0.1, 0.15) is 0 Å². The highest BCUT2D eigenvalue weighted by atomic mass is 19.1. The molecule has 0 spiro atoms. The summed E-state index contributed by atoms with van der Waals surface area (Å²) in [4.78, 5) is 11.3. The van der Waals surface area contributed by atoms with E-state index in [4.69, 9.17) is 5.73 Å². The molecule has 0 aromatic heterocycles. The fraction of sp³-hybridized carbons (Fsp3) is 0.909. The molecule has 0 heterocycles. The van der Waals surface area contributed by atoms with Crippen LogP contribution < -0.4 is 5.73 Å². The SMILES string of the molecule is CCC(C)C(F)(C(N)=O)C1CCCC1. The van der Waals surface area contributed by atoms with Crippen LogP contribution in [-0.2, 0) is 4.79 Å². The lowest BCUT2D eigenvalue weighted by Gasteiger charge is -2.33. The molecule has 2 nitrogen and oxygen atoms in total. The van der Waals surface area contributed by atoms with Gasteiger partial charge in [0.2, 0.25) is 0 Å². The highest BCUT2D eigenvalue weighted by molar-refractivity contribution is 5.84. The maximum absolute atomic E-state index is 14.5. The summed E-state index contributed by atoms with van der Waals surface area (Å²) in [5, 5.41) is 0. The van der Waals surface area contributed by atoms with Gasteiger partial charge in [0.15, 0.2) is 5.67 Å². The number of halogens is 1. The molecule has 3 heteroatoms. The molecule has 1 rings (SSSR count). The first-order valence-electron chi connectivity index (χ1n) is 5.52. The van der Waals surface area contributed by atoms with Crippen LogP contribution in [0.2, 0.25) is 0 Å². The van der Waals surface area contributed by atoms with Crippen molar-refractivity contribution in [2.45, 2.75) is 51.6 Å². The molecule has 1 aliphatic rings. The first-order valence-corrected chi connectivity index (χ1v) is 5.52. The van der Waals surface area contributed by atoms with E-state index < -0.39 is 11.6 Å². The molecule has 0 aliphatic heterocycles. The molecule has 0 radical (unpaired) electrons. The summed E-state index contributed by atoms with van der Waals surface area (Å²) in [7, 11) is 0. The van der Waals surface area contributed by atoms with Gasteiger partial charge in [0.05, 0.1) is 0 Å². The average molecular weight is 201 g/mol. The molecule has 1 aliphatic carbocycles. The van der Waals surface area contributed by atoms with Gasteiger partial charge in [-0.1, -0.05) is 26.7 Å². The number of primary amides is 1. The van der Waals surface area contributed by atoms with Crippen molar-refractivity contribution in [3.05, 3.63) is 0 Å². The first-order chi connectivity index (χ1) is 6.53. The molecular weight excluding hydrogens is 181 g/mol. The molecule has 0 aromatic rings. The van der Waals surface area contributed by atoms with Crippen LogP contribution in [0.5, 0.6) is 0 Å². The Morgan fingerprint density at radius 3 is 2.43 bits per heavy atom. The zero-order valence-corrected chi connectivity index (χ0v) is 9.05. The van der Waals surface area contributed by atoms with Crippen LogP contribution in [-0.4, -0.2) is 11.6 Å². The van der Waals surface area contributed by atoms with Crippen molar-refractivity contribution < 1.29 is 9.18 Å². The van der Waals surface area contributed by atoms with Crippen LogP contribution in [0.25, 0.3) is 0 Å². The minimum absolute atomic E-state index is 0.144. The zero-order valence-electron chi connectivity index (χ0n) is 9.05. The third kappa shape index (κ3) is 1.77. The second-order valence-corrected chi connectivity index (χ2v) is 4.42. The molecule has 0 bridgehead atoms. The lowest BCUT2D eigenvalue weighted by Crippen LogP contribution is -2.50. The van der Waals surface area contributed by atoms with Gasteiger partial charge in [0, 0.05) is 5.92 Å². The zero-order chi connectivity index (χ0) is 10.8. The van der Waals surface area contributed by atoms with E-state index in [1.165, 1.54) is 0 Å².